The molecule has 1 aromatic heterocycles. The van der Waals surface area contributed by atoms with E-state index in [2.05, 4.69) is 73.5 Å². The Morgan fingerprint density at radius 3 is 2.18 bits per heavy atom. The lowest BCUT2D eigenvalue weighted by Gasteiger charge is -2.19. The van der Waals surface area contributed by atoms with Gasteiger partial charge in [0, 0.05) is 29.2 Å². The minimum absolute atomic E-state index is 0.936. The third kappa shape index (κ3) is 2.04. The number of nitrogens with zero attached hydrogens (tertiary/aromatic N) is 1. The van der Waals surface area contributed by atoms with Crippen molar-refractivity contribution in [3.8, 4) is 0 Å². The lowest BCUT2D eigenvalue weighted by atomic mass is 10.1. The number of benzene rings is 3. The molecular formula is C20H17NO. The second kappa shape index (κ2) is 4.92. The summed E-state index contributed by atoms with van der Waals surface area (Å²) in [6.07, 6.45) is 0. The summed E-state index contributed by atoms with van der Waals surface area (Å²) in [6.45, 7) is 2.11. The Morgan fingerprint density at radius 1 is 0.727 bits per heavy atom. The molecule has 0 aliphatic heterocycles. The van der Waals surface area contributed by atoms with E-state index in [4.69, 9.17) is 4.42 Å². The van der Waals surface area contributed by atoms with Gasteiger partial charge in [-0.15, -0.1) is 0 Å². The van der Waals surface area contributed by atoms with Gasteiger partial charge in [-0.2, -0.15) is 0 Å². The van der Waals surface area contributed by atoms with Crippen LogP contribution < -0.4 is 4.90 Å². The molecule has 4 rings (SSSR count). The van der Waals surface area contributed by atoms with Gasteiger partial charge in [0.2, 0.25) is 0 Å². The van der Waals surface area contributed by atoms with Crippen molar-refractivity contribution in [2.45, 2.75) is 6.92 Å². The highest BCUT2D eigenvalue weighted by Gasteiger charge is 2.10. The van der Waals surface area contributed by atoms with Crippen LogP contribution in [0.3, 0.4) is 0 Å². The number of fused-ring (bicyclic) bond motifs is 3. The van der Waals surface area contributed by atoms with E-state index >= 15 is 0 Å². The number of hydrogen-bond acceptors (Lipinski definition) is 2. The Morgan fingerprint density at radius 2 is 1.41 bits per heavy atom. The number of para-hydroxylation sites is 1. The predicted molar refractivity (Wildman–Crippen MR) is 93.0 cm³/mol. The molecule has 4 aromatic rings. The van der Waals surface area contributed by atoms with Crippen LogP contribution in [0, 0.1) is 6.92 Å². The van der Waals surface area contributed by atoms with Gasteiger partial charge in [0.05, 0.1) is 0 Å². The summed E-state index contributed by atoms with van der Waals surface area (Å²) in [5.74, 6) is 0. The molecule has 22 heavy (non-hydrogen) atoms. The van der Waals surface area contributed by atoms with Crippen molar-refractivity contribution in [2.24, 2.45) is 0 Å². The topological polar surface area (TPSA) is 16.4 Å². The maximum atomic E-state index is 5.93. The van der Waals surface area contributed by atoms with E-state index < -0.39 is 0 Å². The highest BCUT2D eigenvalue weighted by molar-refractivity contribution is 6.06. The number of furan rings is 1. The van der Waals surface area contributed by atoms with E-state index in [1.807, 2.05) is 12.1 Å². The predicted octanol–water partition coefficient (Wildman–Crippen LogP) is 5.66. The molecule has 0 saturated carbocycles. The largest absolute Gasteiger partial charge is 0.456 e. The van der Waals surface area contributed by atoms with Crippen LogP contribution in [0.25, 0.3) is 21.9 Å². The van der Waals surface area contributed by atoms with Crippen molar-refractivity contribution in [1.82, 2.24) is 0 Å². The van der Waals surface area contributed by atoms with E-state index in [0.29, 0.717) is 0 Å². The van der Waals surface area contributed by atoms with Gasteiger partial charge in [-0.3, -0.25) is 0 Å². The van der Waals surface area contributed by atoms with Crippen LogP contribution in [0.2, 0.25) is 0 Å². The molecule has 1 heterocycles. The van der Waals surface area contributed by atoms with Crippen molar-refractivity contribution in [3.63, 3.8) is 0 Å². The number of anilines is 2. The first-order valence-corrected chi connectivity index (χ1v) is 7.44. The SMILES string of the molecule is Cc1ccc2oc3ccc(N(C)c4ccccc4)cc3c2c1. The summed E-state index contributed by atoms with van der Waals surface area (Å²) in [6, 6.07) is 23.1. The van der Waals surface area contributed by atoms with E-state index in [-0.39, 0.29) is 0 Å². The summed E-state index contributed by atoms with van der Waals surface area (Å²) in [5.41, 5.74) is 5.46. The van der Waals surface area contributed by atoms with Gasteiger partial charge in [0.1, 0.15) is 11.2 Å². The zero-order valence-electron chi connectivity index (χ0n) is 12.7. The Labute approximate surface area is 129 Å². The van der Waals surface area contributed by atoms with Crippen LogP contribution in [-0.2, 0) is 0 Å². The fourth-order valence-corrected chi connectivity index (χ4v) is 2.89. The van der Waals surface area contributed by atoms with E-state index in [1.165, 1.54) is 22.0 Å². The van der Waals surface area contributed by atoms with Crippen LogP contribution in [0.1, 0.15) is 5.56 Å². The average molecular weight is 287 g/mol. The number of rotatable bonds is 2. The molecule has 0 spiro atoms. The second-order valence-corrected chi connectivity index (χ2v) is 5.68. The van der Waals surface area contributed by atoms with Crippen LogP contribution in [0.15, 0.2) is 71.1 Å². The maximum Gasteiger partial charge on any atom is 0.135 e. The summed E-state index contributed by atoms with van der Waals surface area (Å²) in [4.78, 5) is 2.19. The van der Waals surface area contributed by atoms with E-state index in [1.54, 1.807) is 0 Å². The first-order valence-electron chi connectivity index (χ1n) is 7.44. The normalized spacial score (nSPS) is 11.2. The molecule has 0 aliphatic rings. The zero-order valence-corrected chi connectivity index (χ0v) is 12.7. The molecule has 0 N–H and O–H groups in total. The van der Waals surface area contributed by atoms with Gasteiger partial charge in [0.25, 0.3) is 0 Å². The van der Waals surface area contributed by atoms with E-state index in [9.17, 15) is 0 Å². The molecule has 2 nitrogen and oxygen atoms in total. The van der Waals surface area contributed by atoms with E-state index in [0.717, 1.165) is 16.9 Å². The first-order chi connectivity index (χ1) is 10.7. The monoisotopic (exact) mass is 287 g/mol. The second-order valence-electron chi connectivity index (χ2n) is 5.68. The lowest BCUT2D eigenvalue weighted by molar-refractivity contribution is 0.669. The molecule has 0 bridgehead atoms. The molecule has 0 atom stereocenters. The quantitative estimate of drug-likeness (QED) is 0.473. The third-order valence-corrected chi connectivity index (χ3v) is 4.14. The molecule has 2 heteroatoms. The van der Waals surface area contributed by atoms with Crippen molar-refractivity contribution in [3.05, 3.63) is 72.3 Å². The Bertz CT molecular complexity index is 953. The van der Waals surface area contributed by atoms with Crippen molar-refractivity contribution in [1.29, 1.82) is 0 Å². The summed E-state index contributed by atoms with van der Waals surface area (Å²) in [7, 11) is 2.09. The average Bonchev–Trinajstić information content (AvgIpc) is 2.92. The highest BCUT2D eigenvalue weighted by atomic mass is 16.3. The maximum absolute atomic E-state index is 5.93. The van der Waals surface area contributed by atoms with Gasteiger partial charge >= 0.3 is 0 Å². The Hall–Kier alpha value is -2.74. The smallest absolute Gasteiger partial charge is 0.135 e. The van der Waals surface area contributed by atoms with Crippen LogP contribution in [-0.4, -0.2) is 7.05 Å². The summed E-state index contributed by atoms with van der Waals surface area (Å²) < 4.78 is 5.93. The fraction of sp³-hybridized carbons (Fsp3) is 0.100. The van der Waals surface area contributed by atoms with Gasteiger partial charge in [-0.1, -0.05) is 29.8 Å². The molecule has 0 unspecified atom stereocenters. The van der Waals surface area contributed by atoms with Gasteiger partial charge in [-0.25, -0.2) is 0 Å². The van der Waals surface area contributed by atoms with Crippen LogP contribution in [0.5, 0.6) is 0 Å². The van der Waals surface area contributed by atoms with Crippen LogP contribution in [0.4, 0.5) is 11.4 Å². The zero-order chi connectivity index (χ0) is 15.1. The van der Waals surface area contributed by atoms with Crippen molar-refractivity contribution < 1.29 is 4.42 Å². The minimum Gasteiger partial charge on any atom is -0.456 e. The fourth-order valence-electron chi connectivity index (χ4n) is 2.89. The molecule has 0 fully saturated rings. The summed E-state index contributed by atoms with van der Waals surface area (Å²) >= 11 is 0. The molecule has 3 aromatic carbocycles. The molecule has 0 amide bonds. The molecule has 0 saturated heterocycles. The molecule has 0 radical (unpaired) electrons. The standard InChI is InChI=1S/C20H17NO/c1-14-8-10-19-17(12-14)18-13-16(9-11-20(18)22-19)21(2)15-6-4-3-5-7-15/h3-13H,1-2H3. The van der Waals surface area contributed by atoms with Crippen LogP contribution >= 0.6 is 0 Å². The minimum atomic E-state index is 0.936. The highest BCUT2D eigenvalue weighted by Crippen LogP contribution is 2.33. The number of hydrogen-bond donors (Lipinski definition) is 0. The van der Waals surface area contributed by atoms with Crippen molar-refractivity contribution >= 4 is 33.3 Å². The first kappa shape index (κ1) is 13.0. The summed E-state index contributed by atoms with van der Waals surface area (Å²) in [5, 5.41) is 2.34. The van der Waals surface area contributed by atoms with Gasteiger partial charge in [-0.05, 0) is 49.4 Å². The third-order valence-electron chi connectivity index (χ3n) is 4.14. The lowest BCUT2D eigenvalue weighted by Crippen LogP contribution is -2.08. The molecule has 108 valence electrons. The molecule has 0 aliphatic carbocycles. The molecular weight excluding hydrogens is 270 g/mol. The van der Waals surface area contributed by atoms with Gasteiger partial charge < -0.3 is 9.32 Å². The Kier molecular flexibility index (Phi) is 2.90. The number of aryl methyl sites for hydroxylation is 1. The Balaban J connectivity index is 1.89. The van der Waals surface area contributed by atoms with Crippen molar-refractivity contribution in [2.75, 3.05) is 11.9 Å². The van der Waals surface area contributed by atoms with Gasteiger partial charge in [0.15, 0.2) is 0 Å².